The molecule has 0 spiro atoms. The molecule has 0 aliphatic carbocycles. The van der Waals surface area contributed by atoms with Crippen LogP contribution in [0.25, 0.3) is 11.5 Å². The summed E-state index contributed by atoms with van der Waals surface area (Å²) in [5.41, 5.74) is 9.91. The maximum atomic E-state index is 5.39. The fourth-order valence-corrected chi connectivity index (χ4v) is 1.53. The Kier molecular flexibility index (Phi) is 2.19. The Morgan fingerprint density at radius 2 is 1.67 bits per heavy atom. The number of benzene rings is 1. The van der Waals surface area contributed by atoms with E-state index in [2.05, 4.69) is 30.1 Å². The predicted molar refractivity (Wildman–Crippen MR) is 58.4 cm³/mol. The van der Waals surface area contributed by atoms with Gasteiger partial charge in [-0.15, -0.1) is 5.10 Å². The van der Waals surface area contributed by atoms with E-state index >= 15 is 0 Å². The minimum atomic E-state index is 0.0997. The molecule has 2 aromatic rings. The molecule has 0 fully saturated rings. The number of nitrogens with two attached hydrogens (primary N) is 1. The lowest BCUT2D eigenvalue weighted by Crippen LogP contribution is -1.88. The van der Waals surface area contributed by atoms with Crippen molar-refractivity contribution in [3.63, 3.8) is 0 Å². The van der Waals surface area contributed by atoms with Gasteiger partial charge in [0.25, 0.3) is 0 Å². The Labute approximate surface area is 88.1 Å². The number of hydrogen-bond donors (Lipinski definition) is 1. The summed E-state index contributed by atoms with van der Waals surface area (Å²) >= 11 is 0. The Hall–Kier alpha value is -1.84. The third-order valence-electron chi connectivity index (χ3n) is 2.51. The summed E-state index contributed by atoms with van der Waals surface area (Å²) in [6, 6.07) is 4.24. The van der Waals surface area contributed by atoms with Gasteiger partial charge in [-0.1, -0.05) is 11.2 Å². The average molecular weight is 203 g/mol. The number of aromatic nitrogens is 2. The molecule has 78 valence electrons. The van der Waals surface area contributed by atoms with E-state index in [-0.39, 0.29) is 6.01 Å². The highest BCUT2D eigenvalue weighted by atomic mass is 16.4. The van der Waals surface area contributed by atoms with E-state index in [4.69, 9.17) is 10.2 Å². The fraction of sp³-hybridized carbons (Fsp3) is 0.273. The first-order valence-corrected chi connectivity index (χ1v) is 4.75. The normalized spacial score (nSPS) is 10.6. The van der Waals surface area contributed by atoms with Crippen molar-refractivity contribution in [3.05, 3.63) is 28.8 Å². The van der Waals surface area contributed by atoms with Crippen molar-refractivity contribution in [2.75, 3.05) is 5.73 Å². The lowest BCUT2D eigenvalue weighted by atomic mass is 10.0. The molecule has 0 amide bonds. The van der Waals surface area contributed by atoms with Crippen LogP contribution in [0.3, 0.4) is 0 Å². The summed E-state index contributed by atoms with van der Waals surface area (Å²) in [6.07, 6.45) is 0. The molecule has 0 saturated carbocycles. The zero-order valence-electron chi connectivity index (χ0n) is 9.03. The molecule has 4 nitrogen and oxygen atoms in total. The van der Waals surface area contributed by atoms with Crippen LogP contribution in [0.2, 0.25) is 0 Å². The molecule has 4 heteroatoms. The molecule has 0 aliphatic rings. The van der Waals surface area contributed by atoms with E-state index in [0.717, 1.165) is 11.1 Å². The molecular weight excluding hydrogens is 190 g/mol. The van der Waals surface area contributed by atoms with Crippen LogP contribution >= 0.6 is 0 Å². The van der Waals surface area contributed by atoms with Gasteiger partial charge in [0.2, 0.25) is 5.89 Å². The minimum absolute atomic E-state index is 0.0997. The molecule has 1 heterocycles. The molecule has 1 aromatic heterocycles. The van der Waals surface area contributed by atoms with Gasteiger partial charge in [0.15, 0.2) is 0 Å². The highest BCUT2D eigenvalue weighted by Gasteiger charge is 2.10. The second-order valence-electron chi connectivity index (χ2n) is 3.70. The van der Waals surface area contributed by atoms with Crippen molar-refractivity contribution >= 4 is 6.01 Å². The maximum absolute atomic E-state index is 5.39. The lowest BCUT2D eigenvalue weighted by molar-refractivity contribution is 0.589. The Morgan fingerprint density at radius 3 is 2.27 bits per heavy atom. The van der Waals surface area contributed by atoms with Crippen molar-refractivity contribution in [1.82, 2.24) is 10.2 Å². The number of hydrogen-bond acceptors (Lipinski definition) is 4. The Bertz CT molecular complexity index is 503. The van der Waals surface area contributed by atoms with Gasteiger partial charge in [0.1, 0.15) is 0 Å². The van der Waals surface area contributed by atoms with Gasteiger partial charge in [0, 0.05) is 5.56 Å². The van der Waals surface area contributed by atoms with Gasteiger partial charge in [-0.25, -0.2) is 0 Å². The van der Waals surface area contributed by atoms with E-state index in [9.17, 15) is 0 Å². The van der Waals surface area contributed by atoms with Gasteiger partial charge >= 0.3 is 6.01 Å². The van der Waals surface area contributed by atoms with Gasteiger partial charge in [0.05, 0.1) is 0 Å². The van der Waals surface area contributed by atoms with E-state index in [1.165, 1.54) is 11.1 Å². The maximum Gasteiger partial charge on any atom is 0.313 e. The molecule has 1 aromatic carbocycles. The predicted octanol–water partition coefficient (Wildman–Crippen LogP) is 2.24. The summed E-state index contributed by atoms with van der Waals surface area (Å²) < 4.78 is 5.20. The van der Waals surface area contributed by atoms with Crippen LogP contribution in [0.15, 0.2) is 16.5 Å². The fourth-order valence-electron chi connectivity index (χ4n) is 1.53. The van der Waals surface area contributed by atoms with E-state index in [1.807, 2.05) is 13.0 Å². The monoisotopic (exact) mass is 203 g/mol. The minimum Gasteiger partial charge on any atom is -0.404 e. The van der Waals surface area contributed by atoms with Crippen LogP contribution in [0, 0.1) is 20.8 Å². The molecule has 15 heavy (non-hydrogen) atoms. The van der Waals surface area contributed by atoms with Gasteiger partial charge in [-0.05, 0) is 43.5 Å². The zero-order valence-corrected chi connectivity index (χ0v) is 9.03. The molecular formula is C11H13N3O. The lowest BCUT2D eigenvalue weighted by Gasteiger charge is -2.05. The van der Waals surface area contributed by atoms with E-state index in [1.54, 1.807) is 0 Å². The number of aryl methyl sites for hydroxylation is 3. The molecule has 0 unspecified atom stereocenters. The SMILES string of the molecule is Cc1cc(C)c(-c2nnc(N)o2)cc1C. The third-order valence-corrected chi connectivity index (χ3v) is 2.51. The van der Waals surface area contributed by atoms with Crippen LogP contribution < -0.4 is 5.73 Å². The second-order valence-corrected chi connectivity index (χ2v) is 3.70. The summed E-state index contributed by atoms with van der Waals surface area (Å²) in [5, 5.41) is 7.52. The highest BCUT2D eigenvalue weighted by Crippen LogP contribution is 2.25. The van der Waals surface area contributed by atoms with Crippen LogP contribution in [-0.4, -0.2) is 10.2 Å². The summed E-state index contributed by atoms with van der Waals surface area (Å²) in [4.78, 5) is 0. The third kappa shape index (κ3) is 1.70. The van der Waals surface area contributed by atoms with Crippen molar-refractivity contribution in [2.45, 2.75) is 20.8 Å². The molecule has 0 aliphatic heterocycles. The van der Waals surface area contributed by atoms with Crippen molar-refractivity contribution in [2.24, 2.45) is 0 Å². The van der Waals surface area contributed by atoms with Crippen LogP contribution in [0.4, 0.5) is 6.01 Å². The van der Waals surface area contributed by atoms with E-state index < -0.39 is 0 Å². The number of nitrogens with zero attached hydrogens (tertiary/aromatic N) is 2. The number of rotatable bonds is 1. The van der Waals surface area contributed by atoms with Crippen LogP contribution in [0.5, 0.6) is 0 Å². The molecule has 2 N–H and O–H groups in total. The molecule has 2 rings (SSSR count). The molecule has 0 atom stereocenters. The number of anilines is 1. The van der Waals surface area contributed by atoms with Crippen molar-refractivity contribution < 1.29 is 4.42 Å². The first kappa shape index (κ1) is 9.71. The largest absolute Gasteiger partial charge is 0.404 e. The first-order chi connectivity index (χ1) is 7.08. The van der Waals surface area contributed by atoms with Crippen LogP contribution in [0.1, 0.15) is 16.7 Å². The summed E-state index contributed by atoms with van der Waals surface area (Å²) in [6.45, 7) is 6.15. The smallest absolute Gasteiger partial charge is 0.313 e. The highest BCUT2D eigenvalue weighted by molar-refractivity contribution is 5.60. The molecule has 0 bridgehead atoms. The molecule has 0 saturated heterocycles. The average Bonchev–Trinajstić information content (AvgIpc) is 2.58. The van der Waals surface area contributed by atoms with Crippen molar-refractivity contribution in [3.8, 4) is 11.5 Å². The Balaban J connectivity index is 2.58. The topological polar surface area (TPSA) is 64.9 Å². The van der Waals surface area contributed by atoms with Gasteiger partial charge in [-0.3, -0.25) is 0 Å². The second kappa shape index (κ2) is 3.38. The number of nitrogen functional groups attached to an aromatic ring is 1. The summed E-state index contributed by atoms with van der Waals surface area (Å²) in [7, 11) is 0. The molecule has 0 radical (unpaired) electrons. The zero-order chi connectivity index (χ0) is 11.0. The van der Waals surface area contributed by atoms with Crippen molar-refractivity contribution in [1.29, 1.82) is 0 Å². The van der Waals surface area contributed by atoms with Gasteiger partial charge < -0.3 is 10.2 Å². The van der Waals surface area contributed by atoms with Crippen LogP contribution in [-0.2, 0) is 0 Å². The quantitative estimate of drug-likeness (QED) is 0.772. The van der Waals surface area contributed by atoms with E-state index in [0.29, 0.717) is 5.89 Å². The first-order valence-electron chi connectivity index (χ1n) is 4.75. The van der Waals surface area contributed by atoms with Gasteiger partial charge in [-0.2, -0.15) is 0 Å². The summed E-state index contributed by atoms with van der Waals surface area (Å²) in [5.74, 6) is 0.480. The Morgan fingerprint density at radius 1 is 1.00 bits per heavy atom. The standard InChI is InChI=1S/C11H13N3O/c1-6-4-8(3)9(5-7(6)2)10-13-14-11(12)15-10/h4-5H,1-3H3,(H2,12,14).